The van der Waals surface area contributed by atoms with Crippen molar-refractivity contribution in [1.29, 1.82) is 0 Å². The third-order valence-electron chi connectivity index (χ3n) is 6.05. The highest BCUT2D eigenvalue weighted by atomic mass is 16.5. The molecule has 32 heavy (non-hydrogen) atoms. The van der Waals surface area contributed by atoms with E-state index < -0.39 is 12.2 Å². The molecule has 2 fully saturated rings. The standard InChI is InChI=1S/C25H33N3O4/c1-4-19-12-23(28-25(30)16(3)32-14-18-7-8-18)21-11-20(9-10-22(21)26-19)27-24(29)15(2)31-13-17-5-6-17/h9-12,15-18H,4-8,13-14H2,1-3H3,(H,27,29)(H,26,28,30). The summed E-state index contributed by atoms with van der Waals surface area (Å²) in [7, 11) is 0. The molecule has 2 saturated carbocycles. The number of carbonyl (C=O) groups is 2. The number of aromatic nitrogens is 1. The van der Waals surface area contributed by atoms with Crippen molar-refractivity contribution >= 4 is 34.1 Å². The molecule has 1 aromatic carbocycles. The van der Waals surface area contributed by atoms with Gasteiger partial charge < -0.3 is 20.1 Å². The Bertz CT molecular complexity index is 985. The molecule has 0 spiro atoms. The molecule has 0 radical (unpaired) electrons. The maximum Gasteiger partial charge on any atom is 0.253 e. The average molecular weight is 440 g/mol. The number of nitrogens with zero attached hydrogens (tertiary/aromatic N) is 1. The number of carbonyl (C=O) groups excluding carboxylic acids is 2. The van der Waals surface area contributed by atoms with Gasteiger partial charge in [0.05, 0.1) is 24.4 Å². The van der Waals surface area contributed by atoms with Crippen LogP contribution in [0.25, 0.3) is 10.9 Å². The quantitative estimate of drug-likeness (QED) is 0.545. The van der Waals surface area contributed by atoms with E-state index in [2.05, 4.69) is 15.6 Å². The summed E-state index contributed by atoms with van der Waals surface area (Å²) in [5.41, 5.74) is 2.97. The van der Waals surface area contributed by atoms with Crippen LogP contribution < -0.4 is 10.6 Å². The Labute approximate surface area is 189 Å². The normalized spacial score (nSPS) is 17.7. The van der Waals surface area contributed by atoms with Gasteiger partial charge in [0.2, 0.25) is 0 Å². The van der Waals surface area contributed by atoms with Gasteiger partial charge in [0.15, 0.2) is 0 Å². The summed E-state index contributed by atoms with van der Waals surface area (Å²) in [6.07, 6.45) is 4.44. The molecule has 2 N–H and O–H groups in total. The van der Waals surface area contributed by atoms with Crippen LogP contribution in [-0.4, -0.2) is 42.2 Å². The van der Waals surface area contributed by atoms with E-state index in [4.69, 9.17) is 9.47 Å². The number of aryl methyl sites for hydroxylation is 1. The summed E-state index contributed by atoms with van der Waals surface area (Å²) in [5.74, 6) is 0.833. The molecule has 0 aliphatic heterocycles. The molecule has 7 heteroatoms. The summed E-state index contributed by atoms with van der Waals surface area (Å²) in [6, 6.07) is 7.43. The summed E-state index contributed by atoms with van der Waals surface area (Å²) >= 11 is 0. The highest BCUT2D eigenvalue weighted by Crippen LogP contribution is 2.31. The first-order valence-electron chi connectivity index (χ1n) is 11.7. The summed E-state index contributed by atoms with van der Waals surface area (Å²) in [5, 5.41) is 6.70. The fourth-order valence-corrected chi connectivity index (χ4v) is 3.40. The second kappa shape index (κ2) is 9.96. The molecule has 1 aromatic heterocycles. The Balaban J connectivity index is 1.48. The molecule has 172 valence electrons. The van der Waals surface area contributed by atoms with Gasteiger partial charge in [0.25, 0.3) is 11.8 Å². The lowest BCUT2D eigenvalue weighted by atomic mass is 10.1. The molecular formula is C25H33N3O4. The van der Waals surface area contributed by atoms with Gasteiger partial charge in [0, 0.05) is 16.8 Å². The Morgan fingerprint density at radius 3 is 2.12 bits per heavy atom. The van der Waals surface area contributed by atoms with Gasteiger partial charge in [-0.1, -0.05) is 6.92 Å². The molecular weight excluding hydrogens is 406 g/mol. The lowest BCUT2D eigenvalue weighted by Gasteiger charge is -2.17. The predicted octanol–water partition coefficient (Wildman–Crippen LogP) is 4.30. The number of ether oxygens (including phenoxy) is 2. The maximum absolute atomic E-state index is 12.7. The second-order valence-electron chi connectivity index (χ2n) is 9.06. The van der Waals surface area contributed by atoms with Gasteiger partial charge in [-0.2, -0.15) is 0 Å². The molecule has 0 saturated heterocycles. The van der Waals surface area contributed by atoms with Gasteiger partial charge in [-0.3, -0.25) is 14.6 Å². The van der Waals surface area contributed by atoms with E-state index in [0.717, 1.165) is 23.0 Å². The van der Waals surface area contributed by atoms with Crippen molar-refractivity contribution in [3.63, 3.8) is 0 Å². The van der Waals surface area contributed by atoms with Gasteiger partial charge in [-0.15, -0.1) is 0 Å². The van der Waals surface area contributed by atoms with Crippen LogP contribution in [-0.2, 0) is 25.5 Å². The van der Waals surface area contributed by atoms with Gasteiger partial charge >= 0.3 is 0 Å². The Hall–Kier alpha value is -2.51. The summed E-state index contributed by atoms with van der Waals surface area (Å²) < 4.78 is 11.4. The van der Waals surface area contributed by atoms with E-state index in [1.54, 1.807) is 13.8 Å². The van der Waals surface area contributed by atoms with E-state index in [1.807, 2.05) is 31.2 Å². The van der Waals surface area contributed by atoms with Crippen molar-refractivity contribution in [3.05, 3.63) is 30.0 Å². The molecule has 2 aliphatic carbocycles. The highest BCUT2D eigenvalue weighted by Gasteiger charge is 2.25. The number of amides is 2. The van der Waals surface area contributed by atoms with Crippen LogP contribution in [0.15, 0.2) is 24.3 Å². The Kier molecular flexibility index (Phi) is 7.06. The number of anilines is 2. The molecule has 2 aliphatic rings. The molecule has 2 amide bonds. The van der Waals surface area contributed by atoms with Crippen LogP contribution in [0.4, 0.5) is 11.4 Å². The van der Waals surface area contributed by atoms with Crippen LogP contribution in [0.1, 0.15) is 52.1 Å². The van der Waals surface area contributed by atoms with Crippen molar-refractivity contribution in [2.45, 2.75) is 65.1 Å². The SMILES string of the molecule is CCc1cc(NC(=O)C(C)OCC2CC2)c2cc(NC(=O)C(C)OCC3CC3)ccc2n1. The van der Waals surface area contributed by atoms with E-state index in [0.29, 0.717) is 36.4 Å². The number of fused-ring (bicyclic) bond motifs is 1. The topological polar surface area (TPSA) is 89.6 Å². The first-order chi connectivity index (χ1) is 15.4. The van der Waals surface area contributed by atoms with Crippen LogP contribution in [0.5, 0.6) is 0 Å². The van der Waals surface area contributed by atoms with Crippen LogP contribution in [0.2, 0.25) is 0 Å². The van der Waals surface area contributed by atoms with Crippen molar-refractivity contribution in [1.82, 2.24) is 4.98 Å². The average Bonchev–Trinajstić information content (AvgIpc) is 3.70. The third-order valence-corrected chi connectivity index (χ3v) is 6.05. The zero-order valence-corrected chi connectivity index (χ0v) is 19.1. The monoisotopic (exact) mass is 439 g/mol. The minimum atomic E-state index is -0.531. The van der Waals surface area contributed by atoms with Gasteiger partial charge in [-0.05, 0) is 82.1 Å². The molecule has 0 bridgehead atoms. The fourth-order valence-electron chi connectivity index (χ4n) is 3.40. The number of hydrogen-bond donors (Lipinski definition) is 2. The van der Waals surface area contributed by atoms with E-state index in [9.17, 15) is 9.59 Å². The number of rotatable bonds is 11. The van der Waals surface area contributed by atoms with Crippen molar-refractivity contribution in [2.75, 3.05) is 23.8 Å². The minimum Gasteiger partial charge on any atom is -0.368 e. The van der Waals surface area contributed by atoms with Crippen molar-refractivity contribution < 1.29 is 19.1 Å². The lowest BCUT2D eigenvalue weighted by molar-refractivity contribution is -0.127. The van der Waals surface area contributed by atoms with Crippen LogP contribution >= 0.6 is 0 Å². The van der Waals surface area contributed by atoms with E-state index in [1.165, 1.54) is 25.7 Å². The molecule has 2 aromatic rings. The number of pyridine rings is 1. The molecule has 1 heterocycles. The number of benzene rings is 1. The molecule has 2 unspecified atom stereocenters. The zero-order chi connectivity index (χ0) is 22.7. The van der Waals surface area contributed by atoms with Gasteiger partial charge in [-0.25, -0.2) is 0 Å². The van der Waals surface area contributed by atoms with Crippen molar-refractivity contribution in [2.24, 2.45) is 11.8 Å². The minimum absolute atomic E-state index is 0.184. The smallest absolute Gasteiger partial charge is 0.253 e. The molecule has 7 nitrogen and oxygen atoms in total. The van der Waals surface area contributed by atoms with Gasteiger partial charge in [0.1, 0.15) is 12.2 Å². The number of nitrogens with one attached hydrogen (secondary N) is 2. The van der Waals surface area contributed by atoms with E-state index in [-0.39, 0.29) is 11.8 Å². The predicted molar refractivity (Wildman–Crippen MR) is 125 cm³/mol. The Morgan fingerprint density at radius 2 is 1.56 bits per heavy atom. The lowest BCUT2D eigenvalue weighted by Crippen LogP contribution is -2.29. The fraction of sp³-hybridized carbons (Fsp3) is 0.560. The van der Waals surface area contributed by atoms with Crippen molar-refractivity contribution in [3.8, 4) is 0 Å². The zero-order valence-electron chi connectivity index (χ0n) is 19.1. The largest absolute Gasteiger partial charge is 0.368 e. The first kappa shape index (κ1) is 22.7. The number of hydrogen-bond acceptors (Lipinski definition) is 5. The van der Waals surface area contributed by atoms with E-state index >= 15 is 0 Å². The Morgan fingerprint density at radius 1 is 0.969 bits per heavy atom. The summed E-state index contributed by atoms with van der Waals surface area (Å²) in [4.78, 5) is 29.9. The maximum atomic E-state index is 12.7. The summed E-state index contributed by atoms with van der Waals surface area (Å²) in [6.45, 7) is 6.83. The third kappa shape index (κ3) is 6.04. The van der Waals surface area contributed by atoms with Crippen LogP contribution in [0.3, 0.4) is 0 Å². The molecule has 2 atom stereocenters. The van der Waals surface area contributed by atoms with Crippen LogP contribution in [0, 0.1) is 11.8 Å². The molecule has 4 rings (SSSR count). The first-order valence-corrected chi connectivity index (χ1v) is 11.7. The highest BCUT2D eigenvalue weighted by molar-refractivity contribution is 6.04. The second-order valence-corrected chi connectivity index (χ2v) is 9.06.